The molecule has 0 aliphatic rings. The first-order chi connectivity index (χ1) is 6.26. The Morgan fingerprint density at radius 3 is 1.93 bits per heavy atom. The van der Waals surface area contributed by atoms with Gasteiger partial charge in [-0.1, -0.05) is 41.5 Å². The lowest BCUT2D eigenvalue weighted by Gasteiger charge is -2.28. The van der Waals surface area contributed by atoms with Gasteiger partial charge in [0.2, 0.25) is 0 Å². The monoisotopic (exact) mass is 200 g/mol. The Hall–Kier alpha value is -0.0800. The molecule has 0 spiro atoms. The molecule has 0 aromatic carbocycles. The first kappa shape index (κ1) is 13.9. The van der Waals surface area contributed by atoms with Gasteiger partial charge in [-0.2, -0.15) is 0 Å². The van der Waals surface area contributed by atoms with Crippen LogP contribution in [0, 0.1) is 17.3 Å². The van der Waals surface area contributed by atoms with Crippen molar-refractivity contribution >= 4 is 0 Å². The van der Waals surface area contributed by atoms with Gasteiger partial charge in [-0.15, -0.1) is 0 Å². The van der Waals surface area contributed by atoms with Crippen molar-refractivity contribution in [1.82, 2.24) is 5.43 Å². The van der Waals surface area contributed by atoms with Gasteiger partial charge >= 0.3 is 0 Å². The SMILES string of the molecule is CC(CC(NN)C(C)C)CC(C)(C)C. The minimum Gasteiger partial charge on any atom is -0.271 e. The van der Waals surface area contributed by atoms with E-state index in [2.05, 4.69) is 47.0 Å². The van der Waals surface area contributed by atoms with Crippen LogP contribution in [0.25, 0.3) is 0 Å². The smallest absolute Gasteiger partial charge is 0.0236 e. The molecule has 0 saturated heterocycles. The van der Waals surface area contributed by atoms with Crippen LogP contribution in [0.3, 0.4) is 0 Å². The van der Waals surface area contributed by atoms with E-state index in [1.807, 2.05) is 0 Å². The summed E-state index contributed by atoms with van der Waals surface area (Å²) in [6, 6.07) is 0.451. The second-order valence-electron chi connectivity index (χ2n) is 6.12. The summed E-state index contributed by atoms with van der Waals surface area (Å²) in [6.07, 6.45) is 2.43. The number of nitrogens with one attached hydrogen (secondary N) is 1. The molecule has 0 radical (unpaired) electrons. The number of nitrogens with two attached hydrogens (primary N) is 1. The maximum atomic E-state index is 5.54. The van der Waals surface area contributed by atoms with Gasteiger partial charge in [-0.3, -0.25) is 11.3 Å². The Labute approximate surface area is 89.6 Å². The fourth-order valence-corrected chi connectivity index (χ4v) is 2.09. The second-order valence-corrected chi connectivity index (χ2v) is 6.12. The lowest BCUT2D eigenvalue weighted by molar-refractivity contribution is 0.254. The van der Waals surface area contributed by atoms with E-state index in [1.54, 1.807) is 0 Å². The number of hydrogen-bond acceptors (Lipinski definition) is 2. The number of rotatable bonds is 5. The normalized spacial score (nSPS) is 17.1. The fraction of sp³-hybridized carbons (Fsp3) is 1.00. The average Bonchev–Trinajstić information content (AvgIpc) is 1.96. The molecule has 2 heteroatoms. The van der Waals surface area contributed by atoms with Gasteiger partial charge in [-0.05, 0) is 30.1 Å². The maximum absolute atomic E-state index is 5.54. The third kappa shape index (κ3) is 6.39. The molecule has 0 aliphatic heterocycles. The summed E-state index contributed by atoms with van der Waals surface area (Å²) in [5, 5.41) is 0. The van der Waals surface area contributed by atoms with Crippen LogP contribution in [0.5, 0.6) is 0 Å². The van der Waals surface area contributed by atoms with Crippen LogP contribution in [-0.2, 0) is 0 Å². The zero-order valence-electron chi connectivity index (χ0n) is 10.7. The minimum atomic E-state index is 0.426. The van der Waals surface area contributed by atoms with E-state index in [-0.39, 0.29) is 0 Å². The van der Waals surface area contributed by atoms with Crippen LogP contribution in [0.1, 0.15) is 54.4 Å². The van der Waals surface area contributed by atoms with Crippen molar-refractivity contribution in [1.29, 1.82) is 0 Å². The molecule has 3 N–H and O–H groups in total. The van der Waals surface area contributed by atoms with Crippen molar-refractivity contribution in [3.8, 4) is 0 Å². The van der Waals surface area contributed by atoms with E-state index in [9.17, 15) is 0 Å². The van der Waals surface area contributed by atoms with Crippen molar-refractivity contribution in [3.63, 3.8) is 0 Å². The molecule has 86 valence electrons. The molecule has 0 heterocycles. The lowest BCUT2D eigenvalue weighted by Crippen LogP contribution is -2.40. The number of hydrazine groups is 1. The summed E-state index contributed by atoms with van der Waals surface area (Å²) in [5.74, 6) is 6.88. The van der Waals surface area contributed by atoms with E-state index in [0.29, 0.717) is 17.4 Å². The van der Waals surface area contributed by atoms with Gasteiger partial charge < -0.3 is 0 Å². The molecule has 2 nitrogen and oxygen atoms in total. The highest BCUT2D eigenvalue weighted by molar-refractivity contribution is 4.74. The highest BCUT2D eigenvalue weighted by atomic mass is 15.2. The zero-order chi connectivity index (χ0) is 11.4. The molecule has 0 aromatic heterocycles. The predicted octanol–water partition coefficient (Wildman–Crippen LogP) is 2.94. The molecule has 2 atom stereocenters. The molecule has 0 fully saturated rings. The second kappa shape index (κ2) is 5.72. The summed E-state index contributed by atoms with van der Waals surface area (Å²) < 4.78 is 0. The van der Waals surface area contributed by atoms with Gasteiger partial charge in [0, 0.05) is 6.04 Å². The zero-order valence-corrected chi connectivity index (χ0v) is 10.7. The van der Waals surface area contributed by atoms with Crippen LogP contribution in [-0.4, -0.2) is 6.04 Å². The maximum Gasteiger partial charge on any atom is 0.0236 e. The van der Waals surface area contributed by atoms with Crippen molar-refractivity contribution in [2.24, 2.45) is 23.1 Å². The van der Waals surface area contributed by atoms with Crippen molar-refractivity contribution in [3.05, 3.63) is 0 Å². The lowest BCUT2D eigenvalue weighted by atomic mass is 9.81. The first-order valence-corrected chi connectivity index (χ1v) is 5.72. The van der Waals surface area contributed by atoms with E-state index < -0.39 is 0 Å². The molecule has 0 amide bonds. The summed E-state index contributed by atoms with van der Waals surface area (Å²) >= 11 is 0. The molecule has 2 unspecified atom stereocenters. The number of hydrogen-bond donors (Lipinski definition) is 2. The fourth-order valence-electron chi connectivity index (χ4n) is 2.09. The van der Waals surface area contributed by atoms with Crippen LogP contribution >= 0.6 is 0 Å². The Kier molecular flexibility index (Phi) is 5.68. The van der Waals surface area contributed by atoms with Gasteiger partial charge in [0.1, 0.15) is 0 Å². The molecular weight excluding hydrogens is 172 g/mol. The Balaban J connectivity index is 3.97. The molecule has 14 heavy (non-hydrogen) atoms. The molecular formula is C12H28N2. The summed E-state index contributed by atoms with van der Waals surface area (Å²) in [6.45, 7) is 13.6. The topological polar surface area (TPSA) is 38.0 Å². The summed E-state index contributed by atoms with van der Waals surface area (Å²) in [7, 11) is 0. The van der Waals surface area contributed by atoms with E-state index in [0.717, 1.165) is 5.92 Å². The molecule has 0 rings (SSSR count). The first-order valence-electron chi connectivity index (χ1n) is 5.72. The van der Waals surface area contributed by atoms with Gasteiger partial charge in [0.25, 0.3) is 0 Å². The Morgan fingerprint density at radius 1 is 1.14 bits per heavy atom. The Morgan fingerprint density at radius 2 is 1.64 bits per heavy atom. The van der Waals surface area contributed by atoms with E-state index in [1.165, 1.54) is 12.8 Å². The molecule has 0 saturated carbocycles. The van der Waals surface area contributed by atoms with Gasteiger partial charge in [0.15, 0.2) is 0 Å². The quantitative estimate of drug-likeness (QED) is 0.529. The average molecular weight is 200 g/mol. The summed E-state index contributed by atoms with van der Waals surface area (Å²) in [5.41, 5.74) is 3.34. The van der Waals surface area contributed by atoms with Gasteiger partial charge in [-0.25, -0.2) is 0 Å². The van der Waals surface area contributed by atoms with Crippen LogP contribution in [0.2, 0.25) is 0 Å². The largest absolute Gasteiger partial charge is 0.271 e. The highest BCUT2D eigenvalue weighted by Crippen LogP contribution is 2.27. The Bertz CT molecular complexity index is 147. The third-order valence-electron chi connectivity index (χ3n) is 2.64. The van der Waals surface area contributed by atoms with Crippen LogP contribution in [0.4, 0.5) is 0 Å². The molecule has 0 aliphatic carbocycles. The van der Waals surface area contributed by atoms with Gasteiger partial charge in [0.05, 0.1) is 0 Å². The predicted molar refractivity (Wildman–Crippen MR) is 63.8 cm³/mol. The highest BCUT2D eigenvalue weighted by Gasteiger charge is 2.20. The van der Waals surface area contributed by atoms with Crippen molar-refractivity contribution in [2.75, 3.05) is 0 Å². The van der Waals surface area contributed by atoms with E-state index in [4.69, 9.17) is 5.84 Å². The molecule has 0 bridgehead atoms. The summed E-state index contributed by atoms with van der Waals surface area (Å²) in [4.78, 5) is 0. The van der Waals surface area contributed by atoms with E-state index >= 15 is 0 Å². The van der Waals surface area contributed by atoms with Crippen LogP contribution < -0.4 is 11.3 Å². The standard InChI is InChI=1S/C12H28N2/c1-9(2)11(14-13)7-10(3)8-12(4,5)6/h9-11,14H,7-8,13H2,1-6H3. The van der Waals surface area contributed by atoms with Crippen molar-refractivity contribution in [2.45, 2.75) is 60.4 Å². The van der Waals surface area contributed by atoms with Crippen molar-refractivity contribution < 1.29 is 0 Å². The van der Waals surface area contributed by atoms with Crippen LogP contribution in [0.15, 0.2) is 0 Å². The molecule has 0 aromatic rings. The minimum absolute atomic E-state index is 0.426. The third-order valence-corrected chi connectivity index (χ3v) is 2.64.